The summed E-state index contributed by atoms with van der Waals surface area (Å²) in [5, 5.41) is -2.19. The van der Waals surface area contributed by atoms with Crippen LogP contribution in [0.15, 0.2) is 24.3 Å². The number of aldehydes is 1. The van der Waals surface area contributed by atoms with Crippen molar-refractivity contribution in [2.45, 2.75) is 37.0 Å². The highest BCUT2D eigenvalue weighted by molar-refractivity contribution is 6.24. The summed E-state index contributed by atoms with van der Waals surface area (Å²) in [6, 6.07) is 0. The highest BCUT2D eigenvalue weighted by Gasteiger charge is 2.55. The van der Waals surface area contributed by atoms with Gasteiger partial charge in [-0.1, -0.05) is 36.2 Å². The fourth-order valence-electron chi connectivity index (χ4n) is 3.16. The van der Waals surface area contributed by atoms with Crippen LogP contribution >= 0.6 is 11.6 Å². The lowest BCUT2D eigenvalue weighted by Gasteiger charge is -2.51. The fraction of sp³-hybridized carbons (Fsp3) is 0.643. The maximum absolute atomic E-state index is 14.4. The minimum Gasteiger partial charge on any atom is -0.303 e. The van der Waals surface area contributed by atoms with Gasteiger partial charge in [0.05, 0.1) is 0 Å². The van der Waals surface area contributed by atoms with Gasteiger partial charge >= 0.3 is 6.18 Å². The van der Waals surface area contributed by atoms with Gasteiger partial charge in [-0.15, -0.1) is 0 Å². The summed E-state index contributed by atoms with van der Waals surface area (Å²) in [4.78, 5) is 10.7. The van der Waals surface area contributed by atoms with E-state index in [-0.39, 0.29) is 6.29 Å². The van der Waals surface area contributed by atoms with Crippen LogP contribution in [0.2, 0.25) is 0 Å². The van der Waals surface area contributed by atoms with Crippen LogP contribution in [0, 0.1) is 17.3 Å². The van der Waals surface area contributed by atoms with Crippen molar-refractivity contribution in [1.82, 2.24) is 0 Å². The molecule has 0 amide bonds. The van der Waals surface area contributed by atoms with Crippen LogP contribution in [0.4, 0.5) is 17.6 Å². The Balaban J connectivity index is 2.24. The maximum atomic E-state index is 14.4. The van der Waals surface area contributed by atoms with E-state index in [0.29, 0.717) is 12.8 Å². The lowest BCUT2D eigenvalue weighted by atomic mass is 9.55. The molecule has 2 aliphatic rings. The van der Waals surface area contributed by atoms with Gasteiger partial charge in [0, 0.05) is 5.92 Å². The standard InChI is InChI=1S/C14H15ClF4O/c15-13(16)7-2-1-4-11(13)12(5-3-6-12)8-10(9-20)14(17,18)19/h1-2,4,7,9-11H,3,5-6,8H2. The Hall–Kier alpha value is -0.840. The highest BCUT2D eigenvalue weighted by Crippen LogP contribution is 2.58. The highest BCUT2D eigenvalue weighted by atomic mass is 35.5. The molecule has 0 spiro atoms. The average molecular weight is 311 g/mol. The van der Waals surface area contributed by atoms with Crippen LogP contribution in [-0.4, -0.2) is 17.6 Å². The van der Waals surface area contributed by atoms with Gasteiger partial charge in [-0.05, 0) is 30.8 Å². The second kappa shape index (κ2) is 5.17. The number of rotatable bonds is 4. The molecule has 0 radical (unpaired) electrons. The molecular weight excluding hydrogens is 296 g/mol. The molecule has 0 aromatic carbocycles. The third-order valence-electron chi connectivity index (χ3n) is 4.37. The molecule has 0 N–H and O–H groups in total. The Morgan fingerprint density at radius 3 is 2.40 bits per heavy atom. The molecule has 1 saturated carbocycles. The lowest BCUT2D eigenvalue weighted by molar-refractivity contribution is -0.187. The summed E-state index contributed by atoms with van der Waals surface area (Å²) in [6.45, 7) is 0. The Kier molecular flexibility index (Phi) is 4.02. The lowest BCUT2D eigenvalue weighted by Crippen LogP contribution is -2.48. The van der Waals surface area contributed by atoms with Gasteiger partial charge in [-0.2, -0.15) is 13.2 Å². The van der Waals surface area contributed by atoms with E-state index in [1.54, 1.807) is 6.08 Å². The number of carbonyl (C=O) groups excluding carboxylic acids is 1. The Morgan fingerprint density at radius 2 is 2.00 bits per heavy atom. The molecule has 20 heavy (non-hydrogen) atoms. The number of hydrogen-bond donors (Lipinski definition) is 0. The van der Waals surface area contributed by atoms with Crippen molar-refractivity contribution in [3.05, 3.63) is 24.3 Å². The van der Waals surface area contributed by atoms with Crippen molar-refractivity contribution < 1.29 is 22.4 Å². The van der Waals surface area contributed by atoms with Crippen LogP contribution in [0.3, 0.4) is 0 Å². The van der Waals surface area contributed by atoms with E-state index in [4.69, 9.17) is 11.6 Å². The Morgan fingerprint density at radius 1 is 1.35 bits per heavy atom. The fourth-order valence-corrected chi connectivity index (χ4v) is 3.53. The molecule has 3 unspecified atom stereocenters. The molecule has 1 nitrogen and oxygen atoms in total. The maximum Gasteiger partial charge on any atom is 0.398 e. The third kappa shape index (κ3) is 2.78. The van der Waals surface area contributed by atoms with Gasteiger partial charge < -0.3 is 4.79 Å². The third-order valence-corrected chi connectivity index (χ3v) is 4.73. The second-order valence-electron chi connectivity index (χ2n) is 5.60. The van der Waals surface area contributed by atoms with Gasteiger partial charge in [0.25, 0.3) is 0 Å². The number of allylic oxidation sites excluding steroid dienone is 4. The van der Waals surface area contributed by atoms with E-state index < -0.39 is 35.0 Å². The summed E-state index contributed by atoms with van der Waals surface area (Å²) in [5.74, 6) is -2.89. The van der Waals surface area contributed by atoms with Crippen LogP contribution in [0.5, 0.6) is 0 Å². The molecule has 112 valence electrons. The molecule has 0 aliphatic heterocycles. The van der Waals surface area contributed by atoms with Crippen LogP contribution < -0.4 is 0 Å². The van der Waals surface area contributed by atoms with E-state index in [1.807, 2.05) is 0 Å². The van der Waals surface area contributed by atoms with Crippen LogP contribution in [0.1, 0.15) is 25.7 Å². The van der Waals surface area contributed by atoms with Gasteiger partial charge in [0.1, 0.15) is 12.2 Å². The second-order valence-corrected chi connectivity index (χ2v) is 6.18. The zero-order chi connectivity index (χ0) is 15.0. The molecule has 1 fully saturated rings. The van der Waals surface area contributed by atoms with Crippen molar-refractivity contribution in [1.29, 1.82) is 0 Å². The minimum absolute atomic E-state index is 0.0867. The smallest absolute Gasteiger partial charge is 0.303 e. The first-order valence-corrected chi connectivity index (χ1v) is 6.85. The number of halogens is 5. The molecule has 0 saturated heterocycles. The molecular formula is C14H15ClF4O. The predicted octanol–water partition coefficient (Wildman–Crippen LogP) is 4.57. The molecule has 0 heterocycles. The summed E-state index contributed by atoms with van der Waals surface area (Å²) < 4.78 is 52.7. The van der Waals surface area contributed by atoms with Crippen LogP contribution in [0.25, 0.3) is 0 Å². The molecule has 2 rings (SSSR count). The normalized spacial score (nSPS) is 33.5. The van der Waals surface area contributed by atoms with Crippen molar-refractivity contribution in [3.63, 3.8) is 0 Å². The monoisotopic (exact) mass is 310 g/mol. The SMILES string of the molecule is O=CC(CC1(C2C=CC=CC2(F)Cl)CCC1)C(F)(F)F. The van der Waals surface area contributed by atoms with Crippen molar-refractivity contribution >= 4 is 17.9 Å². The average Bonchev–Trinajstić information content (AvgIpc) is 2.27. The Bertz CT molecular complexity index is 435. The minimum atomic E-state index is -4.59. The molecule has 3 atom stereocenters. The number of carbonyl (C=O) groups is 1. The predicted molar refractivity (Wildman–Crippen MR) is 68.0 cm³/mol. The van der Waals surface area contributed by atoms with Crippen molar-refractivity contribution in [2.24, 2.45) is 17.3 Å². The zero-order valence-corrected chi connectivity index (χ0v) is 11.4. The Labute approximate surface area is 119 Å². The first-order chi connectivity index (χ1) is 9.21. The topological polar surface area (TPSA) is 17.1 Å². The van der Waals surface area contributed by atoms with Crippen molar-refractivity contribution in [2.75, 3.05) is 0 Å². The van der Waals surface area contributed by atoms with Gasteiger partial charge in [0.2, 0.25) is 5.13 Å². The molecule has 0 bridgehead atoms. The molecule has 0 aromatic heterocycles. The van der Waals surface area contributed by atoms with E-state index in [1.165, 1.54) is 12.2 Å². The van der Waals surface area contributed by atoms with Crippen LogP contribution in [-0.2, 0) is 4.79 Å². The summed E-state index contributed by atoms with van der Waals surface area (Å²) >= 11 is 5.80. The first-order valence-electron chi connectivity index (χ1n) is 6.47. The van der Waals surface area contributed by atoms with E-state index in [9.17, 15) is 22.4 Å². The summed E-state index contributed by atoms with van der Waals surface area (Å²) in [7, 11) is 0. The zero-order valence-electron chi connectivity index (χ0n) is 10.7. The van der Waals surface area contributed by atoms with Gasteiger partial charge in [-0.25, -0.2) is 4.39 Å². The van der Waals surface area contributed by atoms with Gasteiger partial charge in [-0.3, -0.25) is 0 Å². The number of alkyl halides is 5. The summed E-state index contributed by atoms with van der Waals surface area (Å²) in [6.07, 6.45) is 2.26. The van der Waals surface area contributed by atoms with E-state index in [0.717, 1.165) is 12.5 Å². The van der Waals surface area contributed by atoms with Crippen molar-refractivity contribution in [3.8, 4) is 0 Å². The first kappa shape index (κ1) is 15.5. The van der Waals surface area contributed by atoms with Gasteiger partial charge in [0.15, 0.2) is 0 Å². The molecule has 2 aliphatic carbocycles. The van der Waals surface area contributed by atoms with E-state index in [2.05, 4.69) is 0 Å². The number of hydrogen-bond acceptors (Lipinski definition) is 1. The summed E-state index contributed by atoms with van der Waals surface area (Å²) in [5.41, 5.74) is -0.890. The largest absolute Gasteiger partial charge is 0.398 e. The quantitative estimate of drug-likeness (QED) is 0.422. The molecule has 0 aromatic rings. The van der Waals surface area contributed by atoms with E-state index >= 15 is 0 Å². The molecule has 6 heteroatoms.